The van der Waals surface area contributed by atoms with Crippen LogP contribution in [0.5, 0.6) is 0 Å². The first kappa shape index (κ1) is 20.8. The minimum Gasteiger partial charge on any atom is -0.458 e. The standard InChI is InChI=1S/C23H23BrN3O3/c1-13-6-18(10-20(13)28)27-23-19(11-25-12-26-23)22(29)21-9-16(14(2)30-21)7-15-4-3-5-17(24)8-15/h3-5,8-9,11-13,18,20,28H,1,6-7,10H2,2H3,(H,25,26,27)/t13-,18-,20+/m1/s1. The minimum atomic E-state index is -0.447. The summed E-state index contributed by atoms with van der Waals surface area (Å²) in [5.41, 5.74) is 2.43. The number of ketones is 1. The molecule has 1 aromatic carbocycles. The number of aliphatic hydroxyl groups excluding tert-OH is 1. The third-order valence-electron chi connectivity index (χ3n) is 5.48. The summed E-state index contributed by atoms with van der Waals surface area (Å²) in [7, 11) is 0. The summed E-state index contributed by atoms with van der Waals surface area (Å²) < 4.78 is 6.81. The zero-order valence-electron chi connectivity index (χ0n) is 16.6. The fraction of sp³-hybridized carbons (Fsp3) is 0.304. The first-order valence-corrected chi connectivity index (χ1v) is 10.7. The molecule has 7 heteroatoms. The van der Waals surface area contributed by atoms with Crippen molar-refractivity contribution in [2.45, 2.75) is 38.3 Å². The molecule has 2 N–H and O–H groups in total. The molecule has 1 aliphatic rings. The van der Waals surface area contributed by atoms with E-state index in [9.17, 15) is 9.90 Å². The van der Waals surface area contributed by atoms with Gasteiger partial charge in [-0.2, -0.15) is 0 Å². The van der Waals surface area contributed by atoms with Gasteiger partial charge in [-0.1, -0.05) is 28.1 Å². The number of halogens is 1. The molecular weight excluding hydrogens is 446 g/mol. The fourth-order valence-electron chi connectivity index (χ4n) is 3.83. The lowest BCUT2D eigenvalue weighted by molar-refractivity contribution is 0.101. The number of nitrogens with one attached hydrogen (secondary N) is 1. The van der Waals surface area contributed by atoms with Crippen LogP contribution in [-0.4, -0.2) is 33.0 Å². The van der Waals surface area contributed by atoms with E-state index < -0.39 is 6.10 Å². The summed E-state index contributed by atoms with van der Waals surface area (Å²) in [4.78, 5) is 21.4. The number of anilines is 1. The van der Waals surface area contributed by atoms with E-state index in [0.29, 0.717) is 30.0 Å². The first-order chi connectivity index (χ1) is 14.4. The summed E-state index contributed by atoms with van der Waals surface area (Å²) in [5, 5.41) is 13.2. The van der Waals surface area contributed by atoms with Crippen LogP contribution in [0.3, 0.4) is 0 Å². The van der Waals surface area contributed by atoms with Crippen molar-refractivity contribution in [1.29, 1.82) is 0 Å². The van der Waals surface area contributed by atoms with Crippen molar-refractivity contribution in [1.82, 2.24) is 9.97 Å². The number of carbonyl (C=O) groups is 1. The predicted molar refractivity (Wildman–Crippen MR) is 117 cm³/mol. The van der Waals surface area contributed by atoms with Gasteiger partial charge in [0.2, 0.25) is 5.78 Å². The second kappa shape index (κ2) is 8.70. The maximum atomic E-state index is 13.2. The molecule has 1 saturated carbocycles. The van der Waals surface area contributed by atoms with Gasteiger partial charge in [-0.05, 0) is 61.9 Å². The highest BCUT2D eigenvalue weighted by molar-refractivity contribution is 9.10. The number of rotatable bonds is 6. The lowest BCUT2D eigenvalue weighted by atomic mass is 10.0. The van der Waals surface area contributed by atoms with Crippen molar-refractivity contribution in [3.8, 4) is 0 Å². The maximum absolute atomic E-state index is 13.2. The van der Waals surface area contributed by atoms with Crippen LogP contribution in [0.4, 0.5) is 5.82 Å². The monoisotopic (exact) mass is 468 g/mol. The quantitative estimate of drug-likeness (QED) is 0.522. The normalized spacial score (nSPS) is 21.0. The van der Waals surface area contributed by atoms with Crippen molar-refractivity contribution in [3.05, 3.63) is 82.5 Å². The highest BCUT2D eigenvalue weighted by Gasteiger charge is 2.31. The Labute approximate surface area is 183 Å². The average Bonchev–Trinajstić information content (AvgIpc) is 3.23. The van der Waals surface area contributed by atoms with Gasteiger partial charge in [0, 0.05) is 23.1 Å². The van der Waals surface area contributed by atoms with E-state index in [0.717, 1.165) is 22.0 Å². The van der Waals surface area contributed by atoms with E-state index in [4.69, 9.17) is 4.42 Å². The summed E-state index contributed by atoms with van der Waals surface area (Å²) in [5.74, 6) is 1.12. The van der Waals surface area contributed by atoms with E-state index in [1.54, 1.807) is 6.07 Å². The van der Waals surface area contributed by atoms with Crippen LogP contribution in [0.1, 0.15) is 45.8 Å². The number of benzene rings is 1. The largest absolute Gasteiger partial charge is 0.458 e. The van der Waals surface area contributed by atoms with Gasteiger partial charge in [0.05, 0.1) is 11.7 Å². The number of hydrogen-bond acceptors (Lipinski definition) is 6. The summed E-state index contributed by atoms with van der Waals surface area (Å²) in [6.07, 6.45) is 4.41. The molecule has 0 unspecified atom stereocenters. The van der Waals surface area contributed by atoms with E-state index in [1.807, 2.05) is 31.2 Å². The Hall–Kier alpha value is -2.51. The van der Waals surface area contributed by atoms with Crippen LogP contribution in [0.25, 0.3) is 0 Å². The molecule has 4 rings (SSSR count). The number of furan rings is 1. The van der Waals surface area contributed by atoms with Gasteiger partial charge in [-0.25, -0.2) is 9.97 Å². The van der Waals surface area contributed by atoms with E-state index in [-0.39, 0.29) is 23.5 Å². The molecule has 155 valence electrons. The number of aryl methyl sites for hydroxylation is 1. The van der Waals surface area contributed by atoms with Crippen LogP contribution >= 0.6 is 15.9 Å². The number of hydrogen-bond donors (Lipinski definition) is 2. The molecule has 3 atom stereocenters. The van der Waals surface area contributed by atoms with E-state index in [2.05, 4.69) is 38.1 Å². The third-order valence-corrected chi connectivity index (χ3v) is 5.98. The number of carbonyl (C=O) groups excluding carboxylic acids is 1. The molecule has 0 amide bonds. The van der Waals surface area contributed by atoms with Gasteiger partial charge < -0.3 is 14.8 Å². The zero-order chi connectivity index (χ0) is 21.3. The van der Waals surface area contributed by atoms with Crippen molar-refractivity contribution in [2.24, 2.45) is 5.92 Å². The van der Waals surface area contributed by atoms with Gasteiger partial charge in [0.15, 0.2) is 5.76 Å². The maximum Gasteiger partial charge on any atom is 0.233 e. The molecule has 6 nitrogen and oxygen atoms in total. The molecule has 0 saturated heterocycles. The van der Waals surface area contributed by atoms with Gasteiger partial charge in [-0.3, -0.25) is 4.79 Å². The Morgan fingerprint density at radius 2 is 2.20 bits per heavy atom. The van der Waals surface area contributed by atoms with Crippen LogP contribution < -0.4 is 5.32 Å². The topological polar surface area (TPSA) is 88.3 Å². The van der Waals surface area contributed by atoms with E-state index in [1.165, 1.54) is 12.5 Å². The highest BCUT2D eigenvalue weighted by atomic mass is 79.9. The lowest BCUT2D eigenvalue weighted by Crippen LogP contribution is -2.20. The second-order valence-corrected chi connectivity index (χ2v) is 8.67. The Bertz CT molecular complexity index is 1060. The molecular formula is C23H23BrN3O3. The minimum absolute atomic E-state index is 0.00868. The summed E-state index contributed by atoms with van der Waals surface area (Å²) in [6.45, 7) is 5.82. The molecule has 1 aliphatic carbocycles. The highest BCUT2D eigenvalue weighted by Crippen LogP contribution is 2.29. The average molecular weight is 469 g/mol. The Morgan fingerprint density at radius 1 is 1.37 bits per heavy atom. The van der Waals surface area contributed by atoms with Gasteiger partial charge in [0.1, 0.15) is 17.9 Å². The van der Waals surface area contributed by atoms with Crippen LogP contribution in [0, 0.1) is 19.8 Å². The molecule has 0 bridgehead atoms. The fourth-order valence-corrected chi connectivity index (χ4v) is 4.28. The van der Waals surface area contributed by atoms with E-state index >= 15 is 0 Å². The van der Waals surface area contributed by atoms with Crippen LogP contribution in [0.2, 0.25) is 0 Å². The van der Waals surface area contributed by atoms with Crippen LogP contribution in [0.15, 0.2) is 51.7 Å². The van der Waals surface area contributed by atoms with Gasteiger partial charge >= 0.3 is 0 Å². The second-order valence-electron chi connectivity index (χ2n) is 7.75. The molecule has 0 spiro atoms. The first-order valence-electron chi connectivity index (χ1n) is 9.87. The zero-order valence-corrected chi connectivity index (χ0v) is 18.2. The smallest absolute Gasteiger partial charge is 0.233 e. The Balaban J connectivity index is 1.55. The Morgan fingerprint density at radius 3 is 2.93 bits per heavy atom. The van der Waals surface area contributed by atoms with Crippen molar-refractivity contribution < 1.29 is 14.3 Å². The Kier molecular flexibility index (Phi) is 6.01. The van der Waals surface area contributed by atoms with Gasteiger partial charge in [-0.15, -0.1) is 0 Å². The molecule has 1 radical (unpaired) electrons. The molecule has 30 heavy (non-hydrogen) atoms. The molecule has 0 aliphatic heterocycles. The van der Waals surface area contributed by atoms with Crippen molar-refractivity contribution in [3.63, 3.8) is 0 Å². The predicted octanol–water partition coefficient (Wildman–Crippen LogP) is 4.35. The lowest BCUT2D eigenvalue weighted by Gasteiger charge is -2.14. The van der Waals surface area contributed by atoms with Crippen molar-refractivity contribution in [2.75, 3.05) is 5.32 Å². The number of aliphatic hydroxyl groups is 1. The summed E-state index contributed by atoms with van der Waals surface area (Å²) in [6, 6.07) is 9.85. The van der Waals surface area contributed by atoms with Crippen LogP contribution in [-0.2, 0) is 6.42 Å². The third kappa shape index (κ3) is 4.47. The van der Waals surface area contributed by atoms with Gasteiger partial charge in [0.25, 0.3) is 0 Å². The molecule has 2 heterocycles. The molecule has 2 aromatic heterocycles. The SMILES string of the molecule is [CH2][C@@H]1C[C@@H](Nc2ncncc2C(=O)c2cc(Cc3cccc(Br)c3)c(C)o2)C[C@@H]1O. The number of aromatic nitrogens is 2. The molecule has 1 fully saturated rings. The molecule has 3 aromatic rings. The number of nitrogens with zero attached hydrogens (tertiary/aromatic N) is 2. The van der Waals surface area contributed by atoms with Crippen molar-refractivity contribution >= 4 is 27.5 Å². The summed E-state index contributed by atoms with van der Waals surface area (Å²) >= 11 is 3.49.